The molecular weight excluding hydrogens is 534 g/mol. The van der Waals surface area contributed by atoms with Crippen molar-refractivity contribution in [2.24, 2.45) is 0 Å². The molecule has 5 rings (SSSR count). The first-order chi connectivity index (χ1) is 18.6. The maximum Gasteiger partial charge on any atom is 0.372 e. The Morgan fingerprint density at radius 1 is 0.692 bits per heavy atom. The highest BCUT2D eigenvalue weighted by Crippen LogP contribution is 2.21. The van der Waals surface area contributed by atoms with Gasteiger partial charge in [0.25, 0.3) is 10.0 Å². The number of anilines is 1. The van der Waals surface area contributed by atoms with Crippen LogP contribution in [0.15, 0.2) is 107 Å². The largest absolute Gasteiger partial charge is 0.372 e. The lowest BCUT2D eigenvalue weighted by Gasteiger charge is -2.10. The summed E-state index contributed by atoms with van der Waals surface area (Å²) in [7, 11) is -7.69. The number of aryl methyl sites for hydroxylation is 2. The normalized spacial score (nSPS) is 11.9. The zero-order valence-corrected chi connectivity index (χ0v) is 22.9. The molecule has 198 valence electrons. The maximum absolute atomic E-state index is 13.2. The van der Waals surface area contributed by atoms with Gasteiger partial charge in [0.15, 0.2) is 0 Å². The van der Waals surface area contributed by atoms with Crippen molar-refractivity contribution < 1.29 is 21.4 Å². The van der Waals surface area contributed by atoms with Crippen LogP contribution in [-0.4, -0.2) is 26.8 Å². The summed E-state index contributed by atoms with van der Waals surface area (Å²) in [5.41, 5.74) is 3.62. The van der Waals surface area contributed by atoms with Crippen LogP contribution >= 0.6 is 0 Å². The van der Waals surface area contributed by atoms with E-state index in [4.69, 9.17) is 0 Å². The van der Waals surface area contributed by atoms with E-state index in [2.05, 4.69) is 19.4 Å². The number of rotatable bonds is 8. The molecule has 5 aromatic rings. The van der Waals surface area contributed by atoms with Crippen molar-refractivity contribution >= 4 is 36.9 Å². The van der Waals surface area contributed by atoms with Gasteiger partial charge in [-0.05, 0) is 61.3 Å². The summed E-state index contributed by atoms with van der Waals surface area (Å²) in [6.07, 6.45) is 3.38. The van der Waals surface area contributed by atoms with Crippen molar-refractivity contribution in [2.75, 3.05) is 4.72 Å². The van der Waals surface area contributed by atoms with Crippen LogP contribution < -0.4 is 14.0 Å². The minimum atomic E-state index is -3.96. The van der Waals surface area contributed by atoms with Gasteiger partial charge in [0, 0.05) is 12.1 Å². The lowest BCUT2D eigenvalue weighted by molar-refractivity contribution is -0.599. The van der Waals surface area contributed by atoms with Crippen molar-refractivity contribution in [1.29, 1.82) is 0 Å². The van der Waals surface area contributed by atoms with Crippen molar-refractivity contribution in [2.45, 2.75) is 30.2 Å². The molecule has 0 fully saturated rings. The van der Waals surface area contributed by atoms with Crippen molar-refractivity contribution in [1.82, 2.24) is 14.7 Å². The molecule has 39 heavy (non-hydrogen) atoms. The molecule has 0 saturated heterocycles. The van der Waals surface area contributed by atoms with E-state index in [1.807, 2.05) is 19.9 Å². The number of aromatic nitrogens is 3. The number of benzene rings is 3. The second-order valence-electron chi connectivity index (χ2n) is 9.06. The van der Waals surface area contributed by atoms with Crippen LogP contribution in [0.3, 0.4) is 0 Å². The molecule has 3 aromatic carbocycles. The predicted molar refractivity (Wildman–Crippen MR) is 148 cm³/mol. The number of nitrogens with one attached hydrogen (secondary N) is 2. The highest BCUT2D eigenvalue weighted by molar-refractivity contribution is 7.92. The number of hydrogen-bond acceptors (Lipinski definition) is 6. The summed E-state index contributed by atoms with van der Waals surface area (Å²) in [4.78, 5) is 9.50. The Hall–Kier alpha value is -4.19. The zero-order valence-electron chi connectivity index (χ0n) is 21.2. The summed E-state index contributed by atoms with van der Waals surface area (Å²) in [5, 5.41) is 0. The number of hydrogen-bond donors (Lipinski definition) is 2. The second kappa shape index (κ2) is 10.5. The van der Waals surface area contributed by atoms with Gasteiger partial charge in [-0.1, -0.05) is 53.6 Å². The molecule has 2 N–H and O–H groups in total. The molecule has 2 heterocycles. The van der Waals surface area contributed by atoms with E-state index in [9.17, 15) is 16.8 Å². The van der Waals surface area contributed by atoms with Gasteiger partial charge in [0.1, 0.15) is 11.7 Å². The molecule has 0 spiro atoms. The van der Waals surface area contributed by atoms with Crippen LogP contribution in [-0.2, 0) is 26.6 Å². The van der Waals surface area contributed by atoms with Crippen molar-refractivity contribution in [3.05, 3.63) is 114 Å². The molecule has 0 amide bonds. The first-order valence-corrected chi connectivity index (χ1v) is 15.0. The minimum Gasteiger partial charge on any atom is -0.256 e. The molecule has 0 atom stereocenters. The number of pyridine rings is 1. The van der Waals surface area contributed by atoms with Gasteiger partial charge in [-0.2, -0.15) is 4.57 Å². The highest BCUT2D eigenvalue weighted by atomic mass is 32.2. The van der Waals surface area contributed by atoms with Crippen LogP contribution in [0.1, 0.15) is 16.7 Å². The van der Waals surface area contributed by atoms with E-state index in [-0.39, 0.29) is 28.0 Å². The Morgan fingerprint density at radius 2 is 1.26 bits per heavy atom. The smallest absolute Gasteiger partial charge is 0.256 e. The zero-order chi connectivity index (χ0) is 27.6. The predicted octanol–water partition coefficient (Wildman–Crippen LogP) is 3.80. The average Bonchev–Trinajstić information content (AvgIpc) is 2.92. The maximum atomic E-state index is 13.2. The second-order valence-corrected chi connectivity index (χ2v) is 12.5. The van der Waals surface area contributed by atoms with Gasteiger partial charge in [-0.3, -0.25) is 4.72 Å². The van der Waals surface area contributed by atoms with Crippen LogP contribution in [0.25, 0.3) is 16.9 Å². The quantitative estimate of drug-likeness (QED) is 0.279. The van der Waals surface area contributed by atoms with E-state index in [1.165, 1.54) is 12.1 Å². The van der Waals surface area contributed by atoms with E-state index >= 15 is 0 Å². The minimum absolute atomic E-state index is 0.0164. The average molecular weight is 561 g/mol. The fourth-order valence-electron chi connectivity index (χ4n) is 3.88. The van der Waals surface area contributed by atoms with Gasteiger partial charge in [-0.15, -0.1) is 0 Å². The van der Waals surface area contributed by atoms with Gasteiger partial charge in [0.2, 0.25) is 21.4 Å². The molecule has 2 aromatic heterocycles. The first-order valence-electron chi connectivity index (χ1n) is 12.0. The van der Waals surface area contributed by atoms with Crippen molar-refractivity contribution in [3.8, 4) is 5.82 Å². The first kappa shape index (κ1) is 26.4. The lowest BCUT2D eigenvalue weighted by atomic mass is 10.2. The number of para-hydroxylation sites is 2. The van der Waals surface area contributed by atoms with Crippen LogP contribution in [0.4, 0.5) is 5.82 Å². The Bertz CT molecular complexity index is 1870. The third-order valence-corrected chi connectivity index (χ3v) is 8.79. The third kappa shape index (κ3) is 5.95. The van der Waals surface area contributed by atoms with E-state index < -0.39 is 20.0 Å². The standard InChI is InChI=1S/C28H26N5O4S2/c1-20-9-13-23(14-10-20)38(34,35)29-18-22-6-5-17-33(19-22)28-27(30-25-7-3-4-8-26(25)31-28)32-39(36,37)24-15-11-21(2)12-16-24/h3-17,19,29H,18H2,1-2H3,(H,30,32)/q+1. The summed E-state index contributed by atoms with van der Waals surface area (Å²) < 4.78 is 58.7. The van der Waals surface area contributed by atoms with Gasteiger partial charge in [-0.25, -0.2) is 26.5 Å². The van der Waals surface area contributed by atoms with E-state index in [0.717, 1.165) is 11.1 Å². The SMILES string of the molecule is Cc1ccc(S(=O)(=O)NCc2ccc[n+](-c3nc4ccccc4nc3NS(=O)(=O)c3ccc(C)cc3)c2)cc1. The van der Waals surface area contributed by atoms with Gasteiger partial charge in [0.05, 0.1) is 16.0 Å². The molecular formula is C28H26N5O4S2+. The van der Waals surface area contributed by atoms with Crippen LogP contribution in [0.2, 0.25) is 0 Å². The molecule has 0 bridgehead atoms. The molecule has 0 unspecified atom stereocenters. The van der Waals surface area contributed by atoms with E-state index in [0.29, 0.717) is 16.6 Å². The Kier molecular flexibility index (Phi) is 7.13. The molecule has 0 aliphatic heterocycles. The number of fused-ring (bicyclic) bond motifs is 1. The monoisotopic (exact) mass is 560 g/mol. The van der Waals surface area contributed by atoms with Crippen LogP contribution in [0, 0.1) is 13.8 Å². The van der Waals surface area contributed by atoms with Gasteiger partial charge < -0.3 is 0 Å². The lowest BCUT2D eigenvalue weighted by Crippen LogP contribution is -2.35. The summed E-state index contributed by atoms with van der Waals surface area (Å²) in [6, 6.07) is 23.7. The molecule has 0 radical (unpaired) electrons. The molecule has 0 saturated carbocycles. The Balaban J connectivity index is 1.49. The Labute approximate surface area is 227 Å². The summed E-state index contributed by atoms with van der Waals surface area (Å²) >= 11 is 0. The summed E-state index contributed by atoms with van der Waals surface area (Å²) in [5.74, 6) is 0.282. The highest BCUT2D eigenvalue weighted by Gasteiger charge is 2.25. The molecule has 0 aliphatic carbocycles. The topological polar surface area (TPSA) is 122 Å². The fraction of sp³-hybridized carbons (Fsp3) is 0.107. The summed E-state index contributed by atoms with van der Waals surface area (Å²) in [6.45, 7) is 3.78. The molecule has 0 aliphatic rings. The van der Waals surface area contributed by atoms with Crippen molar-refractivity contribution in [3.63, 3.8) is 0 Å². The van der Waals surface area contributed by atoms with Crippen LogP contribution in [0.5, 0.6) is 0 Å². The fourth-order valence-corrected chi connectivity index (χ4v) is 5.90. The van der Waals surface area contributed by atoms with E-state index in [1.54, 1.807) is 83.7 Å². The third-order valence-electron chi connectivity index (χ3n) is 6.02. The molecule has 11 heteroatoms. The number of sulfonamides is 2. The van der Waals surface area contributed by atoms with Gasteiger partial charge >= 0.3 is 5.82 Å². The molecule has 9 nitrogen and oxygen atoms in total. The number of nitrogens with zero attached hydrogens (tertiary/aromatic N) is 3. The Morgan fingerprint density at radius 3 is 1.87 bits per heavy atom.